The van der Waals surface area contributed by atoms with E-state index < -0.39 is 0 Å². The van der Waals surface area contributed by atoms with Crippen molar-refractivity contribution >= 4 is 16.5 Å². The topological polar surface area (TPSA) is 60.3 Å². The summed E-state index contributed by atoms with van der Waals surface area (Å²) in [5.41, 5.74) is 5.45. The van der Waals surface area contributed by atoms with Crippen LogP contribution in [-0.4, -0.2) is 38.2 Å². The van der Waals surface area contributed by atoms with Crippen molar-refractivity contribution < 1.29 is 19.3 Å². The second kappa shape index (κ2) is 7.56. The average Bonchev–Trinajstić information content (AvgIpc) is 2.71. The summed E-state index contributed by atoms with van der Waals surface area (Å²) in [6.07, 6.45) is 0.816. The molecule has 1 N–H and O–H groups in total. The molecule has 0 spiro atoms. The number of phenolic OH excluding ortho intramolecular Hbond substituents is 1. The lowest BCUT2D eigenvalue weighted by Gasteiger charge is -2.25. The van der Waals surface area contributed by atoms with Gasteiger partial charge in [-0.15, -0.1) is 0 Å². The van der Waals surface area contributed by atoms with E-state index in [1.54, 1.807) is 21.3 Å². The third kappa shape index (κ3) is 3.05. The van der Waals surface area contributed by atoms with Gasteiger partial charge in [-0.2, -0.15) is 0 Å². The minimum absolute atomic E-state index is 0.139. The first-order valence-corrected chi connectivity index (χ1v) is 10.0. The molecule has 5 heteroatoms. The Labute approximate surface area is 176 Å². The van der Waals surface area contributed by atoms with Crippen molar-refractivity contribution in [1.82, 2.24) is 0 Å². The Morgan fingerprint density at radius 3 is 2.33 bits per heavy atom. The highest BCUT2D eigenvalue weighted by Gasteiger charge is 2.28. The van der Waals surface area contributed by atoms with Gasteiger partial charge in [0.15, 0.2) is 0 Å². The molecule has 30 heavy (non-hydrogen) atoms. The van der Waals surface area contributed by atoms with Crippen LogP contribution in [0.4, 0.5) is 0 Å². The number of benzene rings is 3. The molecule has 5 nitrogen and oxygen atoms in total. The smallest absolute Gasteiger partial charge is 0.139 e. The second-order valence-corrected chi connectivity index (χ2v) is 7.82. The number of hydrogen-bond donors (Lipinski definition) is 1. The van der Waals surface area contributed by atoms with Crippen LogP contribution in [0.2, 0.25) is 0 Å². The first kappa shape index (κ1) is 20.1. The van der Waals surface area contributed by atoms with E-state index in [0.717, 1.165) is 34.2 Å². The Bertz CT molecular complexity index is 1180. The Morgan fingerprint density at radius 1 is 0.933 bits per heavy atom. The third-order valence-electron chi connectivity index (χ3n) is 5.73. The molecule has 156 valence electrons. The first-order valence-electron chi connectivity index (χ1n) is 10.0. The number of ether oxygens (including phenoxy) is 3. The number of phenols is 1. The van der Waals surface area contributed by atoms with Crippen molar-refractivity contribution in [2.45, 2.75) is 33.2 Å². The molecule has 1 atom stereocenters. The van der Waals surface area contributed by atoms with E-state index in [9.17, 15) is 5.11 Å². The van der Waals surface area contributed by atoms with Crippen LogP contribution < -0.4 is 14.2 Å². The molecule has 4 rings (SSSR count). The molecule has 1 heterocycles. The van der Waals surface area contributed by atoms with Crippen LogP contribution >= 0.6 is 0 Å². The quantitative estimate of drug-likeness (QED) is 0.640. The molecular formula is C25H27NO4. The average molecular weight is 405 g/mol. The van der Waals surface area contributed by atoms with Crippen LogP contribution in [0.1, 0.15) is 30.5 Å². The molecule has 1 unspecified atom stereocenters. The summed E-state index contributed by atoms with van der Waals surface area (Å²) < 4.78 is 17.2. The van der Waals surface area contributed by atoms with E-state index >= 15 is 0 Å². The van der Waals surface area contributed by atoms with Gasteiger partial charge in [-0.05, 0) is 61.9 Å². The van der Waals surface area contributed by atoms with Crippen LogP contribution in [0.3, 0.4) is 0 Å². The van der Waals surface area contributed by atoms with Gasteiger partial charge in [0.2, 0.25) is 0 Å². The van der Waals surface area contributed by atoms with Gasteiger partial charge in [0.25, 0.3) is 0 Å². The van der Waals surface area contributed by atoms with Gasteiger partial charge >= 0.3 is 0 Å². The summed E-state index contributed by atoms with van der Waals surface area (Å²) in [4.78, 5) is 4.75. The monoisotopic (exact) mass is 405 g/mol. The van der Waals surface area contributed by atoms with Crippen molar-refractivity contribution in [2.24, 2.45) is 4.99 Å². The van der Waals surface area contributed by atoms with Gasteiger partial charge in [-0.3, -0.25) is 4.99 Å². The van der Waals surface area contributed by atoms with Crippen LogP contribution in [0, 0.1) is 6.92 Å². The standard InChI is InChI=1S/C25H27NO4/c1-13-9-16-7-8-18(24(27)22(16)19(10-13)28-4)23-20(29-5)12-17-11-14(2)26-15(3)21(17)25(23)30-6/h7-10,12,14,27H,11H2,1-6H3. The molecule has 1 aliphatic rings. The van der Waals surface area contributed by atoms with E-state index in [1.807, 2.05) is 44.2 Å². The van der Waals surface area contributed by atoms with Gasteiger partial charge in [-0.25, -0.2) is 0 Å². The maximum absolute atomic E-state index is 11.3. The molecule has 0 aliphatic carbocycles. The van der Waals surface area contributed by atoms with Crippen molar-refractivity contribution in [3.05, 3.63) is 47.0 Å². The van der Waals surface area contributed by atoms with Crippen LogP contribution in [0.5, 0.6) is 23.0 Å². The van der Waals surface area contributed by atoms with Crippen molar-refractivity contribution in [1.29, 1.82) is 0 Å². The van der Waals surface area contributed by atoms with E-state index in [1.165, 1.54) is 0 Å². The van der Waals surface area contributed by atoms with Crippen LogP contribution in [-0.2, 0) is 6.42 Å². The predicted molar refractivity (Wildman–Crippen MR) is 121 cm³/mol. The normalized spacial score (nSPS) is 15.5. The molecule has 1 aliphatic heterocycles. The van der Waals surface area contributed by atoms with E-state index in [0.29, 0.717) is 33.8 Å². The Morgan fingerprint density at radius 2 is 1.67 bits per heavy atom. The molecule has 0 fully saturated rings. The Balaban J connectivity index is 2.08. The van der Waals surface area contributed by atoms with Crippen molar-refractivity contribution in [3.63, 3.8) is 0 Å². The molecule has 0 bridgehead atoms. The zero-order valence-corrected chi connectivity index (χ0v) is 18.3. The van der Waals surface area contributed by atoms with Gasteiger partial charge in [0, 0.05) is 16.8 Å². The summed E-state index contributed by atoms with van der Waals surface area (Å²) in [5.74, 6) is 2.10. The fourth-order valence-corrected chi connectivity index (χ4v) is 4.54. The molecule has 3 aromatic rings. The third-order valence-corrected chi connectivity index (χ3v) is 5.73. The zero-order chi connectivity index (χ0) is 21.6. The molecule has 0 saturated heterocycles. The fraction of sp³-hybridized carbons (Fsp3) is 0.320. The van der Waals surface area contributed by atoms with Crippen LogP contribution in [0.15, 0.2) is 35.3 Å². The summed E-state index contributed by atoms with van der Waals surface area (Å²) in [5, 5.41) is 12.9. The number of aromatic hydroxyl groups is 1. The molecule has 0 saturated carbocycles. The maximum Gasteiger partial charge on any atom is 0.139 e. The van der Waals surface area contributed by atoms with Gasteiger partial charge in [-0.1, -0.05) is 12.1 Å². The summed E-state index contributed by atoms with van der Waals surface area (Å²) >= 11 is 0. The predicted octanol–water partition coefficient (Wildman–Crippen LogP) is 5.30. The lowest BCUT2D eigenvalue weighted by molar-refractivity contribution is 0.394. The molecule has 0 aromatic heterocycles. The SMILES string of the molecule is COc1cc2c(c(OC)c1-c1ccc3cc(C)cc(OC)c3c1O)C(C)=NC(C)C2. The first-order chi connectivity index (χ1) is 14.4. The van der Waals surface area contributed by atoms with Gasteiger partial charge in [0.05, 0.1) is 38.3 Å². The number of fused-ring (bicyclic) bond motifs is 2. The number of aliphatic imine (C=N–C) groups is 1. The number of nitrogens with zero attached hydrogens (tertiary/aromatic N) is 1. The van der Waals surface area contributed by atoms with Gasteiger partial charge in [0.1, 0.15) is 23.0 Å². The number of aryl methyl sites for hydroxylation is 1. The summed E-state index contributed by atoms with van der Waals surface area (Å²) in [6.45, 7) is 6.10. The highest BCUT2D eigenvalue weighted by Crippen LogP contribution is 2.50. The fourth-order valence-electron chi connectivity index (χ4n) is 4.54. The number of methoxy groups -OCH3 is 3. The molecule has 0 amide bonds. The van der Waals surface area contributed by atoms with E-state index in [4.69, 9.17) is 19.2 Å². The second-order valence-electron chi connectivity index (χ2n) is 7.82. The molecule has 0 radical (unpaired) electrons. The minimum atomic E-state index is 0.139. The zero-order valence-electron chi connectivity index (χ0n) is 18.3. The Kier molecular flexibility index (Phi) is 5.06. The van der Waals surface area contributed by atoms with Gasteiger partial charge < -0.3 is 19.3 Å². The summed E-state index contributed by atoms with van der Waals surface area (Å²) in [7, 11) is 4.90. The highest BCUT2D eigenvalue weighted by atomic mass is 16.5. The lowest BCUT2D eigenvalue weighted by Crippen LogP contribution is -2.18. The highest BCUT2D eigenvalue weighted by molar-refractivity contribution is 6.08. The van der Waals surface area contributed by atoms with E-state index in [2.05, 4.69) is 6.92 Å². The molecular weight excluding hydrogens is 378 g/mol. The van der Waals surface area contributed by atoms with Crippen molar-refractivity contribution in [2.75, 3.05) is 21.3 Å². The minimum Gasteiger partial charge on any atom is -0.507 e. The largest absolute Gasteiger partial charge is 0.507 e. The van der Waals surface area contributed by atoms with Crippen molar-refractivity contribution in [3.8, 4) is 34.1 Å². The van der Waals surface area contributed by atoms with E-state index in [-0.39, 0.29) is 11.8 Å². The lowest BCUT2D eigenvalue weighted by atomic mass is 9.88. The maximum atomic E-state index is 11.3. The Hall–Kier alpha value is -3.21. The number of rotatable bonds is 4. The number of hydrogen-bond acceptors (Lipinski definition) is 5. The van der Waals surface area contributed by atoms with Crippen LogP contribution in [0.25, 0.3) is 21.9 Å². The summed E-state index contributed by atoms with van der Waals surface area (Å²) in [6, 6.07) is 10.1. The molecule has 3 aromatic carbocycles.